The van der Waals surface area contributed by atoms with Gasteiger partial charge >= 0.3 is 121 Å². The Morgan fingerprint density at radius 3 is 1.47 bits per heavy atom. The van der Waals surface area contributed by atoms with Crippen LogP contribution >= 0.6 is 0 Å². The summed E-state index contributed by atoms with van der Waals surface area (Å²) in [7, 11) is 0. The fourth-order valence-electron chi connectivity index (χ4n) is 1.75. The predicted octanol–water partition coefficient (Wildman–Crippen LogP) is 3.75. The van der Waals surface area contributed by atoms with E-state index < -0.39 is 0 Å². The zero-order chi connectivity index (χ0) is 13.2. The van der Waals surface area contributed by atoms with Gasteiger partial charge in [-0.2, -0.15) is 0 Å². The summed E-state index contributed by atoms with van der Waals surface area (Å²) in [4.78, 5) is 0. The number of para-hydroxylation sites is 2. The van der Waals surface area contributed by atoms with Gasteiger partial charge in [0.15, 0.2) is 0 Å². The Morgan fingerprint density at radius 1 is 0.632 bits per heavy atom. The van der Waals surface area contributed by atoms with Crippen molar-refractivity contribution < 1.29 is 0 Å². The summed E-state index contributed by atoms with van der Waals surface area (Å²) in [5.74, 6) is 0. The number of hydrogen-bond acceptors (Lipinski definition) is 2. The van der Waals surface area contributed by atoms with Crippen LogP contribution in [-0.2, 0) is 0 Å². The standard InChI is InChI=1S/C16H20N2Se/c1-3-7-15(8-4-1)17-11-13-19-14-12-18-16-9-5-2-6-10-16/h1-10,17-18H,11-14H2. The van der Waals surface area contributed by atoms with Crippen LogP contribution in [0, 0.1) is 0 Å². The Labute approximate surface area is 121 Å². The van der Waals surface area contributed by atoms with Gasteiger partial charge in [0.25, 0.3) is 0 Å². The first-order chi connectivity index (χ1) is 9.45. The van der Waals surface area contributed by atoms with E-state index in [0.717, 1.165) is 13.1 Å². The zero-order valence-corrected chi connectivity index (χ0v) is 12.7. The molecule has 0 saturated carbocycles. The van der Waals surface area contributed by atoms with Crippen LogP contribution in [-0.4, -0.2) is 28.0 Å². The molecular weight excluding hydrogens is 299 g/mol. The molecule has 0 aliphatic heterocycles. The molecule has 2 aromatic rings. The van der Waals surface area contributed by atoms with Gasteiger partial charge in [0.2, 0.25) is 0 Å². The monoisotopic (exact) mass is 320 g/mol. The van der Waals surface area contributed by atoms with Crippen LogP contribution in [0.5, 0.6) is 0 Å². The van der Waals surface area contributed by atoms with Crippen LogP contribution in [0.25, 0.3) is 0 Å². The van der Waals surface area contributed by atoms with Crippen molar-refractivity contribution >= 4 is 26.3 Å². The molecule has 0 aromatic heterocycles. The minimum absolute atomic E-state index is 0.712. The Hall–Kier alpha value is -1.44. The second-order valence-corrected chi connectivity index (χ2v) is 6.77. The summed E-state index contributed by atoms with van der Waals surface area (Å²) in [6.07, 6.45) is 0. The molecule has 2 nitrogen and oxygen atoms in total. The quantitative estimate of drug-likeness (QED) is 0.572. The average Bonchev–Trinajstić information content (AvgIpc) is 2.48. The molecule has 0 aliphatic rings. The second-order valence-electron chi connectivity index (χ2n) is 4.20. The van der Waals surface area contributed by atoms with Gasteiger partial charge in [-0.05, 0) is 0 Å². The van der Waals surface area contributed by atoms with Gasteiger partial charge in [0.1, 0.15) is 0 Å². The second kappa shape index (κ2) is 8.63. The third-order valence-electron chi connectivity index (χ3n) is 2.70. The van der Waals surface area contributed by atoms with Crippen molar-refractivity contribution in [3.05, 3.63) is 60.7 Å². The fourth-order valence-corrected chi connectivity index (χ4v) is 3.21. The molecule has 0 aliphatic carbocycles. The van der Waals surface area contributed by atoms with E-state index in [9.17, 15) is 0 Å². The SMILES string of the molecule is c1ccc(NCC[Se]CCNc2ccccc2)cc1. The van der Waals surface area contributed by atoms with E-state index in [2.05, 4.69) is 59.2 Å². The number of rotatable bonds is 8. The maximum atomic E-state index is 3.45. The van der Waals surface area contributed by atoms with Gasteiger partial charge in [-0.3, -0.25) is 0 Å². The molecule has 0 amide bonds. The van der Waals surface area contributed by atoms with Crippen LogP contribution in [0.2, 0.25) is 10.6 Å². The van der Waals surface area contributed by atoms with Gasteiger partial charge in [0.05, 0.1) is 0 Å². The van der Waals surface area contributed by atoms with Crippen LogP contribution in [0.1, 0.15) is 0 Å². The first-order valence-corrected chi connectivity index (χ1v) is 9.03. The van der Waals surface area contributed by atoms with Crippen molar-refractivity contribution in [1.82, 2.24) is 0 Å². The zero-order valence-electron chi connectivity index (χ0n) is 11.0. The van der Waals surface area contributed by atoms with Crippen molar-refractivity contribution in [1.29, 1.82) is 0 Å². The summed E-state index contributed by atoms with van der Waals surface area (Å²) < 4.78 is 0. The van der Waals surface area contributed by atoms with Gasteiger partial charge in [-0.25, -0.2) is 0 Å². The van der Waals surface area contributed by atoms with Gasteiger partial charge < -0.3 is 0 Å². The molecular formula is C16H20N2Se. The van der Waals surface area contributed by atoms with E-state index in [4.69, 9.17) is 0 Å². The molecule has 0 unspecified atom stereocenters. The molecule has 0 atom stereocenters. The van der Waals surface area contributed by atoms with Gasteiger partial charge in [0, 0.05) is 0 Å². The van der Waals surface area contributed by atoms with Crippen LogP contribution < -0.4 is 10.6 Å². The fraction of sp³-hybridized carbons (Fsp3) is 0.250. The molecule has 0 radical (unpaired) electrons. The van der Waals surface area contributed by atoms with Crippen molar-refractivity contribution in [3.8, 4) is 0 Å². The number of nitrogens with one attached hydrogen (secondary N) is 2. The van der Waals surface area contributed by atoms with Crippen molar-refractivity contribution in [2.24, 2.45) is 0 Å². The van der Waals surface area contributed by atoms with E-state index in [1.165, 1.54) is 22.0 Å². The van der Waals surface area contributed by atoms with Gasteiger partial charge in [-0.1, -0.05) is 0 Å². The van der Waals surface area contributed by atoms with E-state index in [1.807, 2.05) is 12.1 Å². The average molecular weight is 319 g/mol. The Balaban J connectivity index is 1.49. The molecule has 0 saturated heterocycles. The molecule has 0 spiro atoms. The molecule has 19 heavy (non-hydrogen) atoms. The minimum atomic E-state index is 0.712. The molecule has 100 valence electrons. The molecule has 3 heteroatoms. The van der Waals surface area contributed by atoms with Crippen LogP contribution in [0.3, 0.4) is 0 Å². The van der Waals surface area contributed by atoms with E-state index in [0.29, 0.717) is 15.0 Å². The van der Waals surface area contributed by atoms with Gasteiger partial charge in [-0.15, -0.1) is 0 Å². The molecule has 0 heterocycles. The third-order valence-corrected chi connectivity index (χ3v) is 4.77. The topological polar surface area (TPSA) is 24.1 Å². The summed E-state index contributed by atoms with van der Waals surface area (Å²) >= 11 is 0.712. The van der Waals surface area contributed by atoms with Crippen molar-refractivity contribution in [3.63, 3.8) is 0 Å². The predicted molar refractivity (Wildman–Crippen MR) is 85.2 cm³/mol. The first kappa shape index (κ1) is 14.0. The van der Waals surface area contributed by atoms with E-state index >= 15 is 0 Å². The molecule has 0 fully saturated rings. The number of hydrogen-bond donors (Lipinski definition) is 2. The van der Waals surface area contributed by atoms with Crippen LogP contribution in [0.15, 0.2) is 60.7 Å². The molecule has 2 aromatic carbocycles. The summed E-state index contributed by atoms with van der Waals surface area (Å²) in [6.45, 7) is 2.16. The Bertz CT molecular complexity index is 401. The first-order valence-electron chi connectivity index (χ1n) is 6.61. The normalized spacial score (nSPS) is 10.1. The summed E-state index contributed by atoms with van der Waals surface area (Å²) in [6, 6.07) is 20.8. The summed E-state index contributed by atoms with van der Waals surface area (Å²) in [5, 5.41) is 9.45. The number of anilines is 2. The van der Waals surface area contributed by atoms with E-state index in [1.54, 1.807) is 0 Å². The van der Waals surface area contributed by atoms with E-state index in [-0.39, 0.29) is 0 Å². The Kier molecular flexibility index (Phi) is 6.35. The Morgan fingerprint density at radius 2 is 1.05 bits per heavy atom. The molecule has 2 rings (SSSR count). The van der Waals surface area contributed by atoms with Crippen LogP contribution in [0.4, 0.5) is 11.4 Å². The maximum absolute atomic E-state index is 3.45. The number of benzene rings is 2. The molecule has 2 N–H and O–H groups in total. The molecule has 0 bridgehead atoms. The third kappa shape index (κ3) is 5.82. The summed E-state index contributed by atoms with van der Waals surface area (Å²) in [5.41, 5.74) is 2.45. The van der Waals surface area contributed by atoms with Crippen molar-refractivity contribution in [2.45, 2.75) is 10.6 Å². The van der Waals surface area contributed by atoms with Crippen molar-refractivity contribution in [2.75, 3.05) is 23.7 Å².